The Balaban J connectivity index is 1.91. The molecule has 1 atom stereocenters. The molecule has 0 fully saturated rings. The van der Waals surface area contributed by atoms with Gasteiger partial charge in [0, 0.05) is 20.5 Å². The van der Waals surface area contributed by atoms with Gasteiger partial charge in [-0.15, -0.1) is 11.3 Å². The van der Waals surface area contributed by atoms with Crippen molar-refractivity contribution in [1.82, 2.24) is 4.90 Å². The van der Waals surface area contributed by atoms with E-state index in [1.54, 1.807) is 52.2 Å². The van der Waals surface area contributed by atoms with Gasteiger partial charge in [-0.25, -0.2) is 9.59 Å². The lowest BCUT2D eigenvalue weighted by molar-refractivity contribution is -0.125. The van der Waals surface area contributed by atoms with Crippen LogP contribution in [0.5, 0.6) is 0 Å². The summed E-state index contributed by atoms with van der Waals surface area (Å²) in [6.07, 6.45) is -0.825. The molecule has 0 unspecified atom stereocenters. The first-order valence-electron chi connectivity index (χ1n) is 9.36. The predicted octanol–water partition coefficient (Wildman–Crippen LogP) is 2.66. The van der Waals surface area contributed by atoms with Gasteiger partial charge in [0.2, 0.25) is 0 Å². The zero-order valence-corrected chi connectivity index (χ0v) is 17.9. The molecule has 0 saturated carbocycles. The number of esters is 2. The Hall–Kier alpha value is -3.20. The summed E-state index contributed by atoms with van der Waals surface area (Å²) >= 11 is 0.991. The van der Waals surface area contributed by atoms with Gasteiger partial charge >= 0.3 is 11.9 Å². The first-order valence-corrected chi connectivity index (χ1v) is 10.2. The minimum atomic E-state index is -1.04. The van der Waals surface area contributed by atoms with Crippen LogP contribution in [0.15, 0.2) is 24.3 Å². The normalized spacial score (nSPS) is 15.1. The second-order valence-electron chi connectivity index (χ2n) is 6.92. The molecular formula is C21H22N2O6S. The van der Waals surface area contributed by atoms with E-state index >= 15 is 0 Å². The zero-order valence-electron chi connectivity index (χ0n) is 17.1. The van der Waals surface area contributed by atoms with Crippen molar-refractivity contribution in [3.8, 4) is 0 Å². The molecule has 1 aromatic heterocycles. The number of nitrogens with zero attached hydrogens (tertiary/aromatic N) is 1. The van der Waals surface area contributed by atoms with Crippen LogP contribution in [-0.2, 0) is 20.7 Å². The average Bonchev–Trinajstić information content (AvgIpc) is 3.03. The Labute approximate surface area is 177 Å². The third kappa shape index (κ3) is 4.06. The van der Waals surface area contributed by atoms with Crippen molar-refractivity contribution in [2.75, 3.05) is 26.0 Å². The topological polar surface area (TPSA) is 102 Å². The minimum Gasteiger partial charge on any atom is -0.462 e. The summed E-state index contributed by atoms with van der Waals surface area (Å²) in [6, 6.07) is 6.92. The Morgan fingerprint density at radius 3 is 2.63 bits per heavy atom. The van der Waals surface area contributed by atoms with Gasteiger partial charge in [0.25, 0.3) is 11.8 Å². The number of benzene rings is 1. The molecule has 2 aromatic rings. The summed E-state index contributed by atoms with van der Waals surface area (Å²) in [6.45, 7) is 3.45. The molecule has 8 nitrogen and oxygen atoms in total. The first-order chi connectivity index (χ1) is 14.2. The number of cyclic esters (lactones) is 1. The van der Waals surface area contributed by atoms with Crippen molar-refractivity contribution >= 4 is 40.1 Å². The standard InChI is InChI=1S/C21H22N2O6S/c1-5-28-21(27)15-11(2)16(19(25)23(3)4)30-18(15)22-17(24)14-10-12-8-6-7-9-13(12)20(26)29-14/h6-9,14H,5,10H2,1-4H3,(H,22,24)/t14-/m1/s1. The molecule has 9 heteroatoms. The van der Waals surface area contributed by atoms with Gasteiger partial charge in [-0.3, -0.25) is 9.59 Å². The summed E-state index contributed by atoms with van der Waals surface area (Å²) in [4.78, 5) is 51.7. The molecule has 30 heavy (non-hydrogen) atoms. The Bertz CT molecular complexity index is 1030. The molecule has 2 heterocycles. The molecule has 0 bridgehead atoms. The summed E-state index contributed by atoms with van der Waals surface area (Å²) in [5.74, 6) is -2.08. The fourth-order valence-corrected chi connectivity index (χ4v) is 4.35. The van der Waals surface area contributed by atoms with E-state index in [4.69, 9.17) is 9.47 Å². The van der Waals surface area contributed by atoms with Gasteiger partial charge in [0.05, 0.1) is 22.6 Å². The van der Waals surface area contributed by atoms with Crippen molar-refractivity contribution in [1.29, 1.82) is 0 Å². The molecule has 0 aliphatic carbocycles. The lowest BCUT2D eigenvalue weighted by Crippen LogP contribution is -2.38. The molecule has 1 N–H and O–H groups in total. The van der Waals surface area contributed by atoms with Crippen LogP contribution < -0.4 is 5.32 Å². The summed E-state index contributed by atoms with van der Waals surface area (Å²) in [7, 11) is 3.20. The smallest absolute Gasteiger partial charge is 0.341 e. The van der Waals surface area contributed by atoms with Crippen LogP contribution in [-0.4, -0.2) is 55.5 Å². The highest BCUT2D eigenvalue weighted by Crippen LogP contribution is 2.35. The molecule has 0 saturated heterocycles. The fourth-order valence-electron chi connectivity index (χ4n) is 3.13. The van der Waals surface area contributed by atoms with Crippen LogP contribution in [0.1, 0.15) is 48.4 Å². The number of fused-ring (bicyclic) bond motifs is 1. The van der Waals surface area contributed by atoms with Gasteiger partial charge in [0.1, 0.15) is 5.00 Å². The number of anilines is 1. The first kappa shape index (κ1) is 21.5. The van der Waals surface area contributed by atoms with Gasteiger partial charge in [-0.05, 0) is 31.0 Å². The van der Waals surface area contributed by atoms with E-state index < -0.39 is 23.9 Å². The number of thiophene rings is 1. The quantitative estimate of drug-likeness (QED) is 0.732. The van der Waals surface area contributed by atoms with Gasteiger partial charge in [-0.2, -0.15) is 0 Å². The molecule has 3 rings (SSSR count). The van der Waals surface area contributed by atoms with E-state index in [0.29, 0.717) is 21.6 Å². The highest BCUT2D eigenvalue weighted by atomic mass is 32.1. The molecule has 1 aromatic carbocycles. The maximum Gasteiger partial charge on any atom is 0.341 e. The van der Waals surface area contributed by atoms with Gasteiger partial charge in [-0.1, -0.05) is 18.2 Å². The highest BCUT2D eigenvalue weighted by Gasteiger charge is 2.33. The van der Waals surface area contributed by atoms with Crippen LogP contribution in [0.4, 0.5) is 5.00 Å². The fraction of sp³-hybridized carbons (Fsp3) is 0.333. The molecule has 2 amide bonds. The van der Waals surface area contributed by atoms with Crippen molar-refractivity contribution in [2.45, 2.75) is 26.4 Å². The van der Waals surface area contributed by atoms with Crippen molar-refractivity contribution in [3.63, 3.8) is 0 Å². The van der Waals surface area contributed by atoms with Crippen LogP contribution in [0.2, 0.25) is 0 Å². The maximum absolute atomic E-state index is 12.9. The molecule has 0 spiro atoms. The lowest BCUT2D eigenvalue weighted by Gasteiger charge is -2.23. The number of carbonyl (C=O) groups excluding carboxylic acids is 4. The summed E-state index contributed by atoms with van der Waals surface area (Å²) in [5, 5.41) is 2.85. The maximum atomic E-state index is 12.9. The third-order valence-corrected chi connectivity index (χ3v) is 5.84. The SMILES string of the molecule is CCOC(=O)c1c(NC(=O)[C@H]2Cc3ccccc3C(=O)O2)sc(C(=O)N(C)C)c1C. The van der Waals surface area contributed by atoms with Crippen molar-refractivity contribution in [2.24, 2.45) is 0 Å². The van der Waals surface area contributed by atoms with Crippen molar-refractivity contribution in [3.05, 3.63) is 51.4 Å². The highest BCUT2D eigenvalue weighted by molar-refractivity contribution is 7.18. The number of ether oxygens (including phenoxy) is 2. The second kappa shape index (κ2) is 8.66. The van der Waals surface area contributed by atoms with E-state index in [1.165, 1.54) is 4.90 Å². The molecule has 158 valence electrons. The van der Waals surface area contributed by atoms with Crippen molar-refractivity contribution < 1.29 is 28.7 Å². The van der Waals surface area contributed by atoms with E-state index in [0.717, 1.165) is 11.3 Å². The Morgan fingerprint density at radius 2 is 1.97 bits per heavy atom. The summed E-state index contributed by atoms with van der Waals surface area (Å²) in [5.41, 5.74) is 1.70. The zero-order chi connectivity index (χ0) is 22.0. The predicted molar refractivity (Wildman–Crippen MR) is 111 cm³/mol. The molecule has 0 radical (unpaired) electrons. The van der Waals surface area contributed by atoms with Crippen LogP contribution >= 0.6 is 11.3 Å². The largest absolute Gasteiger partial charge is 0.462 e. The average molecular weight is 430 g/mol. The number of hydrogen-bond donors (Lipinski definition) is 1. The number of amides is 2. The Kier molecular flexibility index (Phi) is 6.21. The van der Waals surface area contributed by atoms with Gasteiger partial charge in [0.15, 0.2) is 6.10 Å². The minimum absolute atomic E-state index is 0.128. The number of carbonyl (C=O) groups is 4. The number of hydrogen-bond acceptors (Lipinski definition) is 7. The molecule has 1 aliphatic rings. The van der Waals surface area contributed by atoms with E-state index in [2.05, 4.69) is 5.32 Å². The molecular weight excluding hydrogens is 408 g/mol. The van der Waals surface area contributed by atoms with E-state index in [1.807, 2.05) is 0 Å². The van der Waals surface area contributed by atoms with Gasteiger partial charge < -0.3 is 19.7 Å². The van der Waals surface area contributed by atoms with E-state index in [9.17, 15) is 19.2 Å². The number of rotatable bonds is 5. The summed E-state index contributed by atoms with van der Waals surface area (Å²) < 4.78 is 10.4. The van der Waals surface area contributed by atoms with E-state index in [-0.39, 0.29) is 29.5 Å². The Morgan fingerprint density at radius 1 is 1.27 bits per heavy atom. The third-order valence-electron chi connectivity index (χ3n) is 4.65. The van der Waals surface area contributed by atoms with Crippen LogP contribution in [0, 0.1) is 6.92 Å². The lowest BCUT2D eigenvalue weighted by atomic mass is 9.98. The second-order valence-corrected chi connectivity index (χ2v) is 7.95. The number of nitrogens with one attached hydrogen (secondary N) is 1. The van der Waals surface area contributed by atoms with Crippen LogP contribution in [0.3, 0.4) is 0 Å². The monoisotopic (exact) mass is 430 g/mol. The van der Waals surface area contributed by atoms with Crippen LogP contribution in [0.25, 0.3) is 0 Å². The molecule has 1 aliphatic heterocycles.